The van der Waals surface area contributed by atoms with Crippen molar-refractivity contribution in [2.24, 2.45) is 5.73 Å². The van der Waals surface area contributed by atoms with Gasteiger partial charge in [-0.15, -0.1) is 0 Å². The molecule has 0 unspecified atom stereocenters. The smallest absolute Gasteiger partial charge is 0.143 e. The van der Waals surface area contributed by atoms with Crippen LogP contribution >= 0.6 is 27.5 Å². The summed E-state index contributed by atoms with van der Waals surface area (Å²) in [5.41, 5.74) is 6.60. The highest BCUT2D eigenvalue weighted by atomic mass is 79.9. The topological polar surface area (TPSA) is 38.9 Å². The van der Waals surface area contributed by atoms with Gasteiger partial charge in [0.1, 0.15) is 5.15 Å². The zero-order valence-corrected chi connectivity index (χ0v) is 8.35. The summed E-state index contributed by atoms with van der Waals surface area (Å²) in [7, 11) is 0. The molecule has 2 N–H and O–H groups in total. The summed E-state index contributed by atoms with van der Waals surface area (Å²) in [6, 6.07) is 1.87. The standard InChI is InChI=1S/C7H8BrClN2/c1-4(10)5-2-6(8)7(9)11-3-5/h2-4H,10H2,1H3/t4-/m1/s1. The first-order chi connectivity index (χ1) is 5.11. The van der Waals surface area contributed by atoms with Crippen molar-refractivity contribution in [1.29, 1.82) is 0 Å². The van der Waals surface area contributed by atoms with Gasteiger partial charge in [0, 0.05) is 12.2 Å². The van der Waals surface area contributed by atoms with Crippen molar-refractivity contribution in [1.82, 2.24) is 4.98 Å². The predicted octanol–water partition coefficient (Wildman–Crippen LogP) is 2.52. The number of pyridine rings is 1. The summed E-state index contributed by atoms with van der Waals surface area (Å²) in [4.78, 5) is 3.94. The first kappa shape index (κ1) is 8.97. The normalized spacial score (nSPS) is 13.1. The second-order valence-electron chi connectivity index (χ2n) is 2.33. The summed E-state index contributed by atoms with van der Waals surface area (Å²) in [6.45, 7) is 1.90. The molecular weight excluding hydrogens is 227 g/mol. The molecule has 0 aliphatic rings. The SMILES string of the molecule is C[C@@H](N)c1cnc(Cl)c(Br)c1. The van der Waals surface area contributed by atoms with E-state index in [4.69, 9.17) is 17.3 Å². The van der Waals surface area contributed by atoms with Crippen LogP contribution in [-0.2, 0) is 0 Å². The Morgan fingerprint density at radius 3 is 2.82 bits per heavy atom. The fraction of sp³-hybridized carbons (Fsp3) is 0.286. The van der Waals surface area contributed by atoms with Crippen LogP contribution in [0.15, 0.2) is 16.7 Å². The third kappa shape index (κ3) is 2.15. The van der Waals surface area contributed by atoms with E-state index in [0.717, 1.165) is 10.0 Å². The van der Waals surface area contributed by atoms with Crippen LogP contribution in [0.1, 0.15) is 18.5 Å². The van der Waals surface area contributed by atoms with E-state index in [9.17, 15) is 0 Å². The van der Waals surface area contributed by atoms with Gasteiger partial charge in [0.05, 0.1) is 4.47 Å². The van der Waals surface area contributed by atoms with E-state index in [-0.39, 0.29) is 6.04 Å². The Bertz CT molecular complexity index is 263. The minimum Gasteiger partial charge on any atom is -0.324 e. The fourth-order valence-electron chi connectivity index (χ4n) is 0.685. The van der Waals surface area contributed by atoms with Crippen LogP contribution in [0, 0.1) is 0 Å². The number of hydrogen-bond acceptors (Lipinski definition) is 2. The molecule has 1 aromatic rings. The number of hydrogen-bond donors (Lipinski definition) is 1. The van der Waals surface area contributed by atoms with E-state index in [1.165, 1.54) is 0 Å². The number of aromatic nitrogens is 1. The van der Waals surface area contributed by atoms with E-state index in [0.29, 0.717) is 5.15 Å². The number of nitrogens with two attached hydrogens (primary N) is 1. The van der Waals surface area contributed by atoms with Crippen LogP contribution in [0.2, 0.25) is 5.15 Å². The molecule has 0 aliphatic heterocycles. The molecule has 0 radical (unpaired) electrons. The van der Waals surface area contributed by atoms with Gasteiger partial charge in [0.2, 0.25) is 0 Å². The van der Waals surface area contributed by atoms with Crippen LogP contribution in [-0.4, -0.2) is 4.98 Å². The lowest BCUT2D eigenvalue weighted by Crippen LogP contribution is -2.05. The van der Waals surface area contributed by atoms with Gasteiger partial charge >= 0.3 is 0 Å². The Hall–Kier alpha value is -0.120. The number of rotatable bonds is 1. The van der Waals surface area contributed by atoms with Crippen molar-refractivity contribution in [3.8, 4) is 0 Å². The highest BCUT2D eigenvalue weighted by Crippen LogP contribution is 2.22. The van der Waals surface area contributed by atoms with Gasteiger partial charge in [-0.3, -0.25) is 0 Å². The molecule has 0 saturated heterocycles. The Morgan fingerprint density at radius 1 is 1.73 bits per heavy atom. The second-order valence-corrected chi connectivity index (χ2v) is 3.54. The zero-order valence-electron chi connectivity index (χ0n) is 6.01. The van der Waals surface area contributed by atoms with Crippen LogP contribution in [0.3, 0.4) is 0 Å². The molecule has 2 nitrogen and oxygen atoms in total. The molecule has 11 heavy (non-hydrogen) atoms. The fourth-order valence-corrected chi connectivity index (χ4v) is 1.16. The lowest BCUT2D eigenvalue weighted by atomic mass is 10.2. The molecule has 1 atom stereocenters. The first-order valence-electron chi connectivity index (χ1n) is 3.18. The van der Waals surface area contributed by atoms with Gasteiger partial charge in [-0.25, -0.2) is 4.98 Å². The number of halogens is 2. The van der Waals surface area contributed by atoms with Crippen molar-refractivity contribution < 1.29 is 0 Å². The van der Waals surface area contributed by atoms with Gasteiger partial charge in [0.25, 0.3) is 0 Å². The molecule has 0 aromatic carbocycles. The average Bonchev–Trinajstić information content (AvgIpc) is 1.94. The predicted molar refractivity (Wildman–Crippen MR) is 49.5 cm³/mol. The average molecular weight is 236 g/mol. The van der Waals surface area contributed by atoms with Gasteiger partial charge in [0.15, 0.2) is 0 Å². The van der Waals surface area contributed by atoms with Crippen molar-refractivity contribution in [3.63, 3.8) is 0 Å². The zero-order chi connectivity index (χ0) is 8.43. The molecule has 60 valence electrons. The van der Waals surface area contributed by atoms with E-state index in [2.05, 4.69) is 20.9 Å². The van der Waals surface area contributed by atoms with Gasteiger partial charge in [-0.1, -0.05) is 11.6 Å². The Morgan fingerprint density at radius 2 is 2.36 bits per heavy atom. The lowest BCUT2D eigenvalue weighted by Gasteiger charge is -2.04. The highest BCUT2D eigenvalue weighted by molar-refractivity contribution is 9.10. The van der Waals surface area contributed by atoms with E-state index < -0.39 is 0 Å². The van der Waals surface area contributed by atoms with Crippen LogP contribution in [0.25, 0.3) is 0 Å². The maximum Gasteiger partial charge on any atom is 0.143 e. The third-order valence-electron chi connectivity index (χ3n) is 1.34. The highest BCUT2D eigenvalue weighted by Gasteiger charge is 2.02. The largest absolute Gasteiger partial charge is 0.324 e. The maximum atomic E-state index is 5.69. The molecule has 0 amide bonds. The molecule has 1 heterocycles. The Balaban J connectivity index is 3.05. The molecule has 0 saturated carbocycles. The Labute approximate surface area is 78.9 Å². The molecule has 1 aromatic heterocycles. The minimum absolute atomic E-state index is 0.00364. The van der Waals surface area contributed by atoms with Crippen LogP contribution < -0.4 is 5.73 Å². The molecule has 0 aliphatic carbocycles. The summed E-state index contributed by atoms with van der Waals surface area (Å²) >= 11 is 8.95. The Kier molecular flexibility index (Phi) is 2.87. The molecule has 0 bridgehead atoms. The summed E-state index contributed by atoms with van der Waals surface area (Å²) < 4.78 is 0.786. The monoisotopic (exact) mass is 234 g/mol. The molecule has 1 rings (SSSR count). The van der Waals surface area contributed by atoms with Crippen LogP contribution in [0.4, 0.5) is 0 Å². The minimum atomic E-state index is -0.00364. The van der Waals surface area contributed by atoms with E-state index in [1.54, 1.807) is 6.20 Å². The van der Waals surface area contributed by atoms with Gasteiger partial charge in [-0.2, -0.15) is 0 Å². The first-order valence-corrected chi connectivity index (χ1v) is 4.35. The molecular formula is C7H8BrClN2. The van der Waals surface area contributed by atoms with Crippen molar-refractivity contribution in [2.45, 2.75) is 13.0 Å². The van der Waals surface area contributed by atoms with E-state index >= 15 is 0 Å². The number of nitrogens with zero attached hydrogens (tertiary/aromatic N) is 1. The third-order valence-corrected chi connectivity index (χ3v) is 2.48. The van der Waals surface area contributed by atoms with Crippen LogP contribution in [0.5, 0.6) is 0 Å². The maximum absolute atomic E-state index is 5.69. The van der Waals surface area contributed by atoms with Crippen molar-refractivity contribution in [2.75, 3.05) is 0 Å². The van der Waals surface area contributed by atoms with Gasteiger partial charge < -0.3 is 5.73 Å². The second kappa shape index (κ2) is 3.52. The summed E-state index contributed by atoms with van der Waals surface area (Å²) in [5, 5.41) is 0.467. The summed E-state index contributed by atoms with van der Waals surface area (Å²) in [5.74, 6) is 0. The van der Waals surface area contributed by atoms with E-state index in [1.807, 2.05) is 13.0 Å². The molecule has 0 fully saturated rings. The van der Waals surface area contributed by atoms with Gasteiger partial charge in [-0.05, 0) is 34.5 Å². The molecule has 4 heteroatoms. The van der Waals surface area contributed by atoms with Crippen molar-refractivity contribution in [3.05, 3.63) is 27.5 Å². The van der Waals surface area contributed by atoms with Crippen molar-refractivity contribution >= 4 is 27.5 Å². The quantitative estimate of drug-likeness (QED) is 0.760. The summed E-state index contributed by atoms with van der Waals surface area (Å²) in [6.07, 6.45) is 1.68. The lowest BCUT2D eigenvalue weighted by molar-refractivity contribution is 0.810. The molecule has 0 spiro atoms.